The fraction of sp³-hybridized carbons (Fsp3) is 0.639. The first-order valence-corrected chi connectivity index (χ1v) is 17.7. The van der Waals surface area contributed by atoms with Crippen molar-refractivity contribution >= 4 is 35.2 Å². The van der Waals surface area contributed by atoms with Crippen LogP contribution in [0.3, 0.4) is 0 Å². The molecule has 0 aliphatic carbocycles. The van der Waals surface area contributed by atoms with Crippen LogP contribution in [-0.4, -0.2) is 87.6 Å². The van der Waals surface area contributed by atoms with Gasteiger partial charge in [0.15, 0.2) is 0 Å². The van der Waals surface area contributed by atoms with Crippen LogP contribution in [0.2, 0.25) is 0 Å². The number of aliphatic hydroxyl groups is 1. The van der Waals surface area contributed by atoms with Crippen LogP contribution in [0.15, 0.2) is 49.6 Å². The van der Waals surface area contributed by atoms with Gasteiger partial charge >= 0.3 is 0 Å². The molecule has 9 heteroatoms. The number of nitrogens with zero attached hydrogens (tertiary/aromatic N) is 3. The van der Waals surface area contributed by atoms with Crippen molar-refractivity contribution in [2.45, 2.75) is 94.7 Å². The fourth-order valence-corrected chi connectivity index (χ4v) is 10.4. The molecule has 1 aromatic rings. The Hall–Kier alpha value is -2.78. The number of unbranched alkanes of at least 4 members (excludes halogenated alkanes) is 3. The molecule has 0 radical (unpaired) electrons. The van der Waals surface area contributed by atoms with E-state index in [0.717, 1.165) is 56.4 Å². The van der Waals surface area contributed by atoms with Gasteiger partial charge in [0.05, 0.1) is 23.2 Å². The molecular weight excluding hydrogens is 586 g/mol. The van der Waals surface area contributed by atoms with Gasteiger partial charge in [-0.2, -0.15) is 0 Å². The number of carbonyl (C=O) groups excluding carboxylic acids is 3. The molecule has 3 amide bonds. The van der Waals surface area contributed by atoms with Crippen molar-refractivity contribution in [3.05, 3.63) is 49.6 Å². The maximum Gasteiger partial charge on any atom is 0.247 e. The number of likely N-dealkylation sites (tertiary alicyclic amines) is 1. The molecule has 248 valence electrons. The number of thioether (sulfide) groups is 1. The molecular formula is C36H53N3O5S. The summed E-state index contributed by atoms with van der Waals surface area (Å²) < 4.78 is 4.95. The van der Waals surface area contributed by atoms with Crippen molar-refractivity contribution in [1.82, 2.24) is 9.80 Å². The molecule has 1 spiro atoms. The lowest BCUT2D eigenvalue weighted by atomic mass is 9.65. The van der Waals surface area contributed by atoms with E-state index in [9.17, 15) is 19.5 Å². The third kappa shape index (κ3) is 6.71. The maximum absolute atomic E-state index is 14.8. The van der Waals surface area contributed by atoms with Crippen molar-refractivity contribution in [2.24, 2.45) is 17.8 Å². The summed E-state index contributed by atoms with van der Waals surface area (Å²) >= 11 is 1.72. The predicted molar refractivity (Wildman–Crippen MR) is 182 cm³/mol. The minimum atomic E-state index is -0.672. The quantitative estimate of drug-likeness (QED) is 0.164. The number of anilines is 1. The minimum Gasteiger partial charge on any atom is -0.494 e. The fourth-order valence-electron chi connectivity index (χ4n) is 7.95. The van der Waals surface area contributed by atoms with Gasteiger partial charge in [0.1, 0.15) is 11.8 Å². The van der Waals surface area contributed by atoms with Gasteiger partial charge in [-0.25, -0.2) is 0 Å². The minimum absolute atomic E-state index is 0.0107. The van der Waals surface area contributed by atoms with E-state index in [1.165, 1.54) is 0 Å². The van der Waals surface area contributed by atoms with Crippen LogP contribution >= 0.6 is 11.8 Å². The second-order valence-electron chi connectivity index (χ2n) is 12.8. The van der Waals surface area contributed by atoms with Gasteiger partial charge in [-0.15, -0.1) is 24.9 Å². The SMILES string of the molecule is C=CCN(C(=O)[C@@H]1[C@H]2C(=O)N(CCCCCCO)C(C(=O)N(CC=C)C(C)CCC)C23S[C@@H]1CC3C)c1ccc(OCC)cc1. The largest absolute Gasteiger partial charge is 0.494 e. The summed E-state index contributed by atoms with van der Waals surface area (Å²) in [4.78, 5) is 49.5. The van der Waals surface area contributed by atoms with Crippen LogP contribution < -0.4 is 9.64 Å². The van der Waals surface area contributed by atoms with E-state index in [2.05, 4.69) is 33.9 Å². The molecule has 4 unspecified atom stereocenters. The Balaban J connectivity index is 1.73. The molecule has 3 aliphatic heterocycles. The summed E-state index contributed by atoms with van der Waals surface area (Å²) in [6, 6.07) is 6.87. The number of hydrogen-bond acceptors (Lipinski definition) is 6. The van der Waals surface area contributed by atoms with Crippen LogP contribution in [0.5, 0.6) is 5.75 Å². The highest BCUT2D eigenvalue weighted by Gasteiger charge is 2.76. The summed E-state index contributed by atoms with van der Waals surface area (Å²) in [7, 11) is 0. The predicted octanol–water partition coefficient (Wildman–Crippen LogP) is 5.70. The Morgan fingerprint density at radius 1 is 1.11 bits per heavy atom. The molecule has 3 aliphatic rings. The van der Waals surface area contributed by atoms with Gasteiger partial charge in [-0.1, -0.05) is 45.3 Å². The molecule has 3 heterocycles. The first kappa shape index (κ1) is 35.1. The summed E-state index contributed by atoms with van der Waals surface area (Å²) in [6.07, 6.45) is 9.30. The van der Waals surface area contributed by atoms with E-state index >= 15 is 0 Å². The standard InChI is InChI=1S/C36H53N3O5S/c1-7-15-26(6)37(20-8-2)35(43)32-36-25(5)24-29(45-36)30(31(36)34(42)39(32)22-13-11-12-14-23-40)33(41)38(21-9-3)27-16-18-28(19-17-27)44-10-4/h8-9,16-19,25-26,29-32,40H,2-3,7,10-15,20-24H2,1,4-6H3/t25?,26?,29-,30+,31+,32?,36?/m1/s1. The third-order valence-electron chi connectivity index (χ3n) is 9.96. The highest BCUT2D eigenvalue weighted by Crippen LogP contribution is 2.69. The number of rotatable bonds is 18. The summed E-state index contributed by atoms with van der Waals surface area (Å²) in [6.45, 7) is 18.1. The van der Waals surface area contributed by atoms with Gasteiger partial charge in [0, 0.05) is 43.2 Å². The smallest absolute Gasteiger partial charge is 0.247 e. The van der Waals surface area contributed by atoms with Gasteiger partial charge in [0.2, 0.25) is 17.7 Å². The van der Waals surface area contributed by atoms with Crippen LogP contribution in [0.4, 0.5) is 5.69 Å². The van der Waals surface area contributed by atoms with E-state index in [1.54, 1.807) is 28.8 Å². The molecule has 1 aromatic carbocycles. The van der Waals surface area contributed by atoms with Crippen molar-refractivity contribution in [2.75, 3.05) is 37.7 Å². The van der Waals surface area contributed by atoms with Crippen molar-refractivity contribution in [3.63, 3.8) is 0 Å². The number of ether oxygens (including phenoxy) is 1. The number of aliphatic hydroxyl groups excluding tert-OH is 1. The Morgan fingerprint density at radius 3 is 2.42 bits per heavy atom. The normalized spacial score (nSPS) is 27.3. The number of benzene rings is 1. The number of hydrogen-bond donors (Lipinski definition) is 1. The second-order valence-corrected chi connectivity index (χ2v) is 14.4. The van der Waals surface area contributed by atoms with Gasteiger partial charge in [-0.3, -0.25) is 14.4 Å². The second kappa shape index (κ2) is 15.7. The first-order valence-electron chi connectivity index (χ1n) is 16.9. The Morgan fingerprint density at radius 2 is 1.80 bits per heavy atom. The molecule has 3 fully saturated rings. The Labute approximate surface area is 274 Å². The van der Waals surface area contributed by atoms with E-state index in [4.69, 9.17) is 4.74 Å². The molecule has 2 bridgehead atoms. The van der Waals surface area contributed by atoms with E-state index in [-0.39, 0.29) is 41.5 Å². The lowest BCUT2D eigenvalue weighted by molar-refractivity contribution is -0.144. The van der Waals surface area contributed by atoms with Crippen molar-refractivity contribution in [3.8, 4) is 5.75 Å². The van der Waals surface area contributed by atoms with Crippen LogP contribution in [0.1, 0.15) is 72.6 Å². The molecule has 7 atom stereocenters. The number of amides is 3. The van der Waals surface area contributed by atoms with Gasteiger partial charge in [-0.05, 0) is 69.7 Å². The van der Waals surface area contributed by atoms with Gasteiger partial charge < -0.3 is 24.5 Å². The highest BCUT2D eigenvalue weighted by molar-refractivity contribution is 8.02. The van der Waals surface area contributed by atoms with Crippen molar-refractivity contribution in [1.29, 1.82) is 0 Å². The average molecular weight is 640 g/mol. The van der Waals surface area contributed by atoms with Crippen LogP contribution in [0, 0.1) is 17.8 Å². The summed E-state index contributed by atoms with van der Waals surface area (Å²) in [5, 5.41) is 9.22. The molecule has 0 saturated carbocycles. The van der Waals surface area contributed by atoms with Crippen molar-refractivity contribution < 1.29 is 24.2 Å². The first-order chi connectivity index (χ1) is 21.7. The summed E-state index contributed by atoms with van der Waals surface area (Å²) in [5.41, 5.74) is 0.739. The zero-order valence-corrected chi connectivity index (χ0v) is 28.5. The van der Waals surface area contributed by atoms with Crippen LogP contribution in [-0.2, 0) is 14.4 Å². The Bertz CT molecular complexity index is 1210. The maximum atomic E-state index is 14.8. The highest BCUT2D eigenvalue weighted by atomic mass is 32.2. The third-order valence-corrected chi connectivity index (χ3v) is 12.0. The molecule has 3 saturated heterocycles. The molecule has 45 heavy (non-hydrogen) atoms. The molecule has 0 aromatic heterocycles. The average Bonchev–Trinajstić information content (AvgIpc) is 3.62. The topological polar surface area (TPSA) is 90.4 Å². The monoisotopic (exact) mass is 639 g/mol. The van der Waals surface area contributed by atoms with Crippen LogP contribution in [0.25, 0.3) is 0 Å². The lowest BCUT2D eigenvalue weighted by Crippen LogP contribution is -2.58. The molecule has 1 N–H and O–H groups in total. The zero-order valence-electron chi connectivity index (χ0n) is 27.7. The lowest BCUT2D eigenvalue weighted by Gasteiger charge is -2.42. The Kier molecular flexibility index (Phi) is 12.2. The number of carbonyl (C=O) groups is 3. The zero-order chi connectivity index (χ0) is 32.7. The van der Waals surface area contributed by atoms with E-state index in [0.29, 0.717) is 26.2 Å². The summed E-state index contributed by atoms with van der Waals surface area (Å²) in [5.74, 6) is -0.435. The van der Waals surface area contributed by atoms with Gasteiger partial charge in [0.25, 0.3) is 0 Å². The van der Waals surface area contributed by atoms with E-state index in [1.807, 2.05) is 41.0 Å². The molecule has 4 rings (SSSR count). The van der Waals surface area contributed by atoms with E-state index < -0.39 is 22.6 Å². The molecule has 8 nitrogen and oxygen atoms in total. The number of fused-ring (bicyclic) bond motifs is 1.